The third kappa shape index (κ3) is 6.32. The fourth-order valence-corrected chi connectivity index (χ4v) is 3.16. The van der Waals surface area contributed by atoms with Crippen LogP contribution in [0.15, 0.2) is 12.2 Å². The average Bonchev–Trinajstić information content (AvgIpc) is 2.43. The monoisotopic (exact) mass is 296 g/mol. The van der Waals surface area contributed by atoms with Crippen LogP contribution in [-0.2, 0) is 14.3 Å². The van der Waals surface area contributed by atoms with Gasteiger partial charge < -0.3 is 9.84 Å². The van der Waals surface area contributed by atoms with Crippen molar-refractivity contribution in [2.75, 3.05) is 0 Å². The third-order valence-electron chi connectivity index (χ3n) is 4.52. The number of rotatable bonds is 7. The van der Waals surface area contributed by atoms with Crippen molar-refractivity contribution in [2.24, 2.45) is 11.8 Å². The zero-order valence-electron chi connectivity index (χ0n) is 13.4. The standard InChI is InChI=1S/C17H28O4/c1-4-5-6-13-7-9-14(10-8-13)17(2,3)21-16(20)12-11-15(18)19/h11-14H,4-10H2,1-3H3,(H,18,19)/b12-11+. The van der Waals surface area contributed by atoms with Crippen LogP contribution in [0.1, 0.15) is 65.7 Å². The van der Waals surface area contributed by atoms with E-state index in [2.05, 4.69) is 6.92 Å². The first-order chi connectivity index (χ1) is 9.85. The van der Waals surface area contributed by atoms with Crippen LogP contribution in [-0.4, -0.2) is 22.6 Å². The second-order valence-electron chi connectivity index (χ2n) is 6.56. The number of ether oxygens (including phenoxy) is 1. The van der Waals surface area contributed by atoms with Gasteiger partial charge in [-0.3, -0.25) is 0 Å². The van der Waals surface area contributed by atoms with Crippen LogP contribution in [0.2, 0.25) is 0 Å². The predicted octanol–water partition coefficient (Wildman–Crippen LogP) is 3.95. The summed E-state index contributed by atoms with van der Waals surface area (Å²) in [4.78, 5) is 22.0. The van der Waals surface area contributed by atoms with Gasteiger partial charge in [0.1, 0.15) is 5.60 Å². The molecule has 0 spiro atoms. The fourth-order valence-electron chi connectivity index (χ4n) is 3.16. The molecule has 21 heavy (non-hydrogen) atoms. The Hall–Kier alpha value is -1.32. The molecule has 0 atom stereocenters. The molecule has 4 nitrogen and oxygen atoms in total. The molecule has 1 rings (SSSR count). The summed E-state index contributed by atoms with van der Waals surface area (Å²) in [6.45, 7) is 6.08. The van der Waals surface area contributed by atoms with Gasteiger partial charge in [-0.2, -0.15) is 0 Å². The van der Waals surface area contributed by atoms with Gasteiger partial charge in [0.15, 0.2) is 0 Å². The number of carbonyl (C=O) groups is 2. The van der Waals surface area contributed by atoms with Gasteiger partial charge in [0.05, 0.1) is 0 Å². The van der Waals surface area contributed by atoms with Gasteiger partial charge in [-0.1, -0.05) is 39.0 Å². The highest BCUT2D eigenvalue weighted by molar-refractivity contribution is 5.90. The SMILES string of the molecule is CCCCC1CCC(C(C)(C)OC(=O)/C=C/C(=O)O)CC1. The summed E-state index contributed by atoms with van der Waals surface area (Å²) >= 11 is 0. The number of carbonyl (C=O) groups excluding carboxylic acids is 1. The first-order valence-electron chi connectivity index (χ1n) is 7.99. The summed E-state index contributed by atoms with van der Waals surface area (Å²) in [5.41, 5.74) is -0.532. The Kier molecular flexibility index (Phi) is 6.93. The topological polar surface area (TPSA) is 63.6 Å². The Morgan fingerprint density at radius 1 is 1.19 bits per heavy atom. The lowest BCUT2D eigenvalue weighted by atomic mass is 9.73. The molecule has 0 aliphatic heterocycles. The van der Waals surface area contributed by atoms with E-state index in [0.29, 0.717) is 5.92 Å². The highest BCUT2D eigenvalue weighted by atomic mass is 16.6. The van der Waals surface area contributed by atoms with E-state index in [-0.39, 0.29) is 0 Å². The van der Waals surface area contributed by atoms with Crippen molar-refractivity contribution in [3.05, 3.63) is 12.2 Å². The van der Waals surface area contributed by atoms with Crippen LogP contribution < -0.4 is 0 Å². The normalized spacial score (nSPS) is 23.2. The Bertz CT molecular complexity index is 376. The first kappa shape index (κ1) is 17.7. The second kappa shape index (κ2) is 8.20. The molecule has 0 heterocycles. The molecule has 0 aromatic rings. The van der Waals surface area contributed by atoms with E-state index in [9.17, 15) is 9.59 Å². The quantitative estimate of drug-likeness (QED) is 0.571. The Morgan fingerprint density at radius 2 is 1.81 bits per heavy atom. The molecule has 1 fully saturated rings. The van der Waals surface area contributed by atoms with Crippen molar-refractivity contribution < 1.29 is 19.4 Å². The van der Waals surface area contributed by atoms with Crippen LogP contribution in [0, 0.1) is 11.8 Å². The van der Waals surface area contributed by atoms with Gasteiger partial charge in [-0.15, -0.1) is 0 Å². The van der Waals surface area contributed by atoms with E-state index in [4.69, 9.17) is 9.84 Å². The lowest BCUT2D eigenvalue weighted by molar-refractivity contribution is -0.157. The first-order valence-corrected chi connectivity index (χ1v) is 7.99. The zero-order valence-corrected chi connectivity index (χ0v) is 13.4. The number of carboxylic acids is 1. The summed E-state index contributed by atoms with van der Waals surface area (Å²) < 4.78 is 5.46. The molecule has 0 aromatic heterocycles. The smallest absolute Gasteiger partial charge is 0.331 e. The maximum atomic E-state index is 11.6. The predicted molar refractivity (Wildman–Crippen MR) is 81.9 cm³/mol. The van der Waals surface area contributed by atoms with E-state index in [1.807, 2.05) is 13.8 Å². The molecule has 1 aliphatic carbocycles. The molecular formula is C17H28O4. The van der Waals surface area contributed by atoms with Gasteiger partial charge in [0.2, 0.25) is 0 Å². The molecule has 0 unspecified atom stereocenters. The number of carboxylic acid groups (broad SMARTS) is 1. The molecule has 0 bridgehead atoms. The molecule has 1 N–H and O–H groups in total. The number of aliphatic carboxylic acids is 1. The van der Waals surface area contributed by atoms with E-state index in [0.717, 1.165) is 30.9 Å². The molecule has 0 amide bonds. The van der Waals surface area contributed by atoms with Gasteiger partial charge in [-0.25, -0.2) is 9.59 Å². The van der Waals surface area contributed by atoms with Crippen LogP contribution in [0.3, 0.4) is 0 Å². The Morgan fingerprint density at radius 3 is 2.33 bits per heavy atom. The van der Waals surface area contributed by atoms with E-state index in [1.165, 1.54) is 32.1 Å². The minimum Gasteiger partial charge on any atom is -0.478 e. The highest BCUT2D eigenvalue weighted by Gasteiger charge is 2.35. The molecule has 4 heteroatoms. The van der Waals surface area contributed by atoms with Crippen molar-refractivity contribution >= 4 is 11.9 Å². The summed E-state index contributed by atoms with van der Waals surface area (Å²) in [6, 6.07) is 0. The van der Waals surface area contributed by atoms with E-state index < -0.39 is 17.5 Å². The molecule has 0 radical (unpaired) electrons. The average molecular weight is 296 g/mol. The molecule has 0 saturated heterocycles. The van der Waals surface area contributed by atoms with Crippen molar-refractivity contribution in [1.82, 2.24) is 0 Å². The number of hydrogen-bond donors (Lipinski definition) is 1. The van der Waals surface area contributed by atoms with Crippen LogP contribution in [0.25, 0.3) is 0 Å². The van der Waals surface area contributed by atoms with E-state index >= 15 is 0 Å². The lowest BCUT2D eigenvalue weighted by Crippen LogP contribution is -2.38. The molecule has 1 saturated carbocycles. The van der Waals surface area contributed by atoms with Crippen molar-refractivity contribution in [3.8, 4) is 0 Å². The molecular weight excluding hydrogens is 268 g/mol. The Balaban J connectivity index is 2.45. The summed E-state index contributed by atoms with van der Waals surface area (Å²) in [5, 5.41) is 8.51. The lowest BCUT2D eigenvalue weighted by Gasteiger charge is -2.38. The van der Waals surface area contributed by atoms with Crippen molar-refractivity contribution in [3.63, 3.8) is 0 Å². The summed E-state index contributed by atoms with van der Waals surface area (Å²) in [7, 11) is 0. The fraction of sp³-hybridized carbons (Fsp3) is 0.765. The Labute approximate surface area is 127 Å². The number of esters is 1. The molecule has 120 valence electrons. The molecule has 1 aliphatic rings. The summed E-state index contributed by atoms with van der Waals surface area (Å²) in [6.07, 6.45) is 10.2. The highest BCUT2D eigenvalue weighted by Crippen LogP contribution is 2.38. The van der Waals surface area contributed by atoms with Crippen LogP contribution in [0.4, 0.5) is 0 Å². The number of unbranched alkanes of at least 4 members (excludes halogenated alkanes) is 1. The molecule has 0 aromatic carbocycles. The zero-order chi connectivity index (χ0) is 15.9. The maximum Gasteiger partial charge on any atom is 0.331 e. The van der Waals surface area contributed by atoms with Gasteiger partial charge in [0.25, 0.3) is 0 Å². The maximum absolute atomic E-state index is 11.6. The van der Waals surface area contributed by atoms with E-state index in [1.54, 1.807) is 0 Å². The summed E-state index contributed by atoms with van der Waals surface area (Å²) in [5.74, 6) is -0.533. The van der Waals surface area contributed by atoms with Gasteiger partial charge in [-0.05, 0) is 38.5 Å². The third-order valence-corrected chi connectivity index (χ3v) is 4.52. The minimum atomic E-state index is -1.14. The van der Waals surface area contributed by atoms with Crippen molar-refractivity contribution in [1.29, 1.82) is 0 Å². The largest absolute Gasteiger partial charge is 0.478 e. The van der Waals surface area contributed by atoms with Gasteiger partial charge in [0, 0.05) is 12.2 Å². The van der Waals surface area contributed by atoms with Crippen LogP contribution >= 0.6 is 0 Å². The van der Waals surface area contributed by atoms with Crippen molar-refractivity contribution in [2.45, 2.75) is 71.3 Å². The minimum absolute atomic E-state index is 0.359. The van der Waals surface area contributed by atoms with Gasteiger partial charge >= 0.3 is 11.9 Å². The van der Waals surface area contributed by atoms with Crippen LogP contribution in [0.5, 0.6) is 0 Å². The second-order valence-corrected chi connectivity index (χ2v) is 6.56. The number of hydrogen-bond acceptors (Lipinski definition) is 3.